The lowest BCUT2D eigenvalue weighted by Gasteiger charge is -2.28. The van der Waals surface area contributed by atoms with Gasteiger partial charge in [0.25, 0.3) is 0 Å². The molecular formula is C18H19N3. The van der Waals surface area contributed by atoms with Crippen LogP contribution < -0.4 is 5.32 Å². The molecule has 1 atom stereocenters. The summed E-state index contributed by atoms with van der Waals surface area (Å²) < 4.78 is 2.36. The van der Waals surface area contributed by atoms with E-state index in [1.807, 2.05) is 6.07 Å². The Bertz CT molecular complexity index is 816. The van der Waals surface area contributed by atoms with Gasteiger partial charge in [0.15, 0.2) is 0 Å². The van der Waals surface area contributed by atoms with Crippen molar-refractivity contribution in [3.63, 3.8) is 0 Å². The van der Waals surface area contributed by atoms with E-state index in [1.165, 1.54) is 22.2 Å². The van der Waals surface area contributed by atoms with E-state index in [-0.39, 0.29) is 0 Å². The highest BCUT2D eigenvalue weighted by Crippen LogP contribution is 2.35. The van der Waals surface area contributed by atoms with Crippen LogP contribution in [0.3, 0.4) is 0 Å². The zero-order valence-electron chi connectivity index (χ0n) is 12.4. The number of nitrogens with zero attached hydrogens (tertiary/aromatic N) is 2. The number of aromatic nitrogens is 2. The van der Waals surface area contributed by atoms with Crippen molar-refractivity contribution in [2.75, 3.05) is 11.9 Å². The average molecular weight is 277 g/mol. The molecule has 0 saturated heterocycles. The van der Waals surface area contributed by atoms with E-state index in [0.717, 1.165) is 24.4 Å². The molecular weight excluding hydrogens is 258 g/mol. The minimum atomic E-state index is 0.370. The molecule has 1 aliphatic heterocycles. The molecule has 0 bridgehead atoms. The van der Waals surface area contributed by atoms with Crippen LogP contribution in [0.15, 0.2) is 42.5 Å². The normalized spacial score (nSPS) is 17.5. The van der Waals surface area contributed by atoms with Crippen LogP contribution in [0.4, 0.5) is 5.95 Å². The highest BCUT2D eigenvalue weighted by molar-refractivity contribution is 5.79. The van der Waals surface area contributed by atoms with E-state index in [4.69, 9.17) is 4.98 Å². The minimum Gasteiger partial charge on any atom is -0.356 e. The summed E-state index contributed by atoms with van der Waals surface area (Å²) in [7, 11) is 0. The summed E-state index contributed by atoms with van der Waals surface area (Å²) in [6.45, 7) is 5.34. The van der Waals surface area contributed by atoms with Gasteiger partial charge in [-0.25, -0.2) is 4.98 Å². The summed E-state index contributed by atoms with van der Waals surface area (Å²) in [6, 6.07) is 15.5. The highest BCUT2D eigenvalue weighted by Gasteiger charge is 2.25. The van der Waals surface area contributed by atoms with Gasteiger partial charge in [0.2, 0.25) is 5.95 Å². The van der Waals surface area contributed by atoms with Gasteiger partial charge in [-0.2, -0.15) is 0 Å². The summed E-state index contributed by atoms with van der Waals surface area (Å²) in [4.78, 5) is 4.73. The molecule has 1 N–H and O–H groups in total. The fraction of sp³-hybridized carbons (Fsp3) is 0.278. The van der Waals surface area contributed by atoms with E-state index >= 15 is 0 Å². The Hall–Kier alpha value is -2.29. The van der Waals surface area contributed by atoms with Gasteiger partial charge in [-0.1, -0.05) is 35.9 Å². The van der Waals surface area contributed by atoms with Crippen molar-refractivity contribution in [2.24, 2.45) is 0 Å². The van der Waals surface area contributed by atoms with Gasteiger partial charge in [0.05, 0.1) is 17.1 Å². The topological polar surface area (TPSA) is 29.9 Å². The van der Waals surface area contributed by atoms with E-state index in [2.05, 4.69) is 60.1 Å². The van der Waals surface area contributed by atoms with Crippen LogP contribution >= 0.6 is 0 Å². The maximum atomic E-state index is 4.73. The molecule has 1 aliphatic rings. The largest absolute Gasteiger partial charge is 0.356 e. The zero-order chi connectivity index (χ0) is 14.4. The van der Waals surface area contributed by atoms with Crippen molar-refractivity contribution < 1.29 is 0 Å². The predicted molar refractivity (Wildman–Crippen MR) is 86.9 cm³/mol. The SMILES string of the molecule is Cc1ccc(C2CCNc3nc4ccccc4n32)c(C)c1. The number of rotatable bonds is 1. The second-order valence-electron chi connectivity index (χ2n) is 5.89. The molecule has 21 heavy (non-hydrogen) atoms. The number of benzene rings is 2. The first-order valence-electron chi connectivity index (χ1n) is 7.52. The zero-order valence-corrected chi connectivity index (χ0v) is 12.4. The molecule has 4 rings (SSSR count). The van der Waals surface area contributed by atoms with Crippen LogP contribution in [0.5, 0.6) is 0 Å². The number of nitrogens with one attached hydrogen (secondary N) is 1. The number of fused-ring (bicyclic) bond motifs is 3. The molecule has 3 aromatic rings. The van der Waals surface area contributed by atoms with Crippen LogP contribution in [-0.4, -0.2) is 16.1 Å². The maximum absolute atomic E-state index is 4.73. The molecule has 0 saturated carbocycles. The Labute approximate surface area is 124 Å². The quantitative estimate of drug-likeness (QED) is 0.727. The van der Waals surface area contributed by atoms with Crippen LogP contribution in [0.2, 0.25) is 0 Å². The number of imidazole rings is 1. The molecule has 3 nitrogen and oxygen atoms in total. The summed E-state index contributed by atoms with van der Waals surface area (Å²) in [5.74, 6) is 0.993. The van der Waals surface area contributed by atoms with Gasteiger partial charge in [-0.05, 0) is 43.5 Å². The Kier molecular flexibility index (Phi) is 2.74. The molecule has 0 amide bonds. The predicted octanol–water partition coefficient (Wildman–Crippen LogP) is 4.06. The third kappa shape index (κ3) is 1.92. The van der Waals surface area contributed by atoms with Crippen molar-refractivity contribution in [3.8, 4) is 0 Å². The lowest BCUT2D eigenvalue weighted by molar-refractivity contribution is 0.541. The van der Waals surface area contributed by atoms with E-state index < -0.39 is 0 Å². The molecule has 0 aliphatic carbocycles. The number of para-hydroxylation sites is 2. The first-order valence-corrected chi connectivity index (χ1v) is 7.52. The number of aryl methyl sites for hydroxylation is 2. The molecule has 106 valence electrons. The van der Waals surface area contributed by atoms with Crippen LogP contribution in [0, 0.1) is 13.8 Å². The monoisotopic (exact) mass is 277 g/mol. The van der Waals surface area contributed by atoms with Gasteiger partial charge in [-0.3, -0.25) is 0 Å². The highest BCUT2D eigenvalue weighted by atomic mass is 15.2. The third-order valence-corrected chi connectivity index (χ3v) is 4.39. The summed E-state index contributed by atoms with van der Waals surface area (Å²) in [6.07, 6.45) is 1.09. The smallest absolute Gasteiger partial charge is 0.204 e. The fourth-order valence-corrected chi connectivity index (χ4v) is 3.43. The number of anilines is 1. The van der Waals surface area contributed by atoms with Gasteiger partial charge in [0.1, 0.15) is 0 Å². The standard InChI is InChI=1S/C18H19N3/c1-12-7-8-14(13(2)11-12)16-9-10-19-18-20-15-5-3-4-6-17(15)21(16)18/h3-8,11,16H,9-10H2,1-2H3,(H,19,20). The first kappa shape index (κ1) is 12.5. The van der Waals surface area contributed by atoms with E-state index in [0.29, 0.717) is 6.04 Å². The molecule has 1 unspecified atom stereocenters. The molecule has 2 aromatic carbocycles. The summed E-state index contributed by atoms with van der Waals surface area (Å²) in [5.41, 5.74) is 6.37. The molecule has 3 heteroatoms. The van der Waals surface area contributed by atoms with E-state index in [9.17, 15) is 0 Å². The maximum Gasteiger partial charge on any atom is 0.204 e. The Morgan fingerprint density at radius 3 is 2.86 bits per heavy atom. The second kappa shape index (κ2) is 4.62. The van der Waals surface area contributed by atoms with Crippen molar-refractivity contribution in [1.29, 1.82) is 0 Å². The lowest BCUT2D eigenvalue weighted by Crippen LogP contribution is -2.24. The fourth-order valence-electron chi connectivity index (χ4n) is 3.43. The van der Waals surface area contributed by atoms with Gasteiger partial charge < -0.3 is 9.88 Å². The molecule has 2 heterocycles. The summed E-state index contributed by atoms with van der Waals surface area (Å²) in [5, 5.41) is 3.43. The summed E-state index contributed by atoms with van der Waals surface area (Å²) >= 11 is 0. The van der Waals surface area contributed by atoms with Crippen molar-refractivity contribution >= 4 is 17.0 Å². The van der Waals surface area contributed by atoms with Crippen molar-refractivity contribution in [1.82, 2.24) is 9.55 Å². The molecule has 1 aromatic heterocycles. The van der Waals surface area contributed by atoms with Crippen molar-refractivity contribution in [2.45, 2.75) is 26.3 Å². The Morgan fingerprint density at radius 2 is 2.00 bits per heavy atom. The number of hydrogen-bond acceptors (Lipinski definition) is 2. The van der Waals surface area contributed by atoms with Crippen LogP contribution in [0.25, 0.3) is 11.0 Å². The third-order valence-electron chi connectivity index (χ3n) is 4.39. The molecule has 0 fully saturated rings. The van der Waals surface area contributed by atoms with Gasteiger partial charge in [0, 0.05) is 6.54 Å². The van der Waals surface area contributed by atoms with Gasteiger partial charge >= 0.3 is 0 Å². The van der Waals surface area contributed by atoms with Crippen LogP contribution in [-0.2, 0) is 0 Å². The van der Waals surface area contributed by atoms with Crippen molar-refractivity contribution in [3.05, 3.63) is 59.2 Å². The van der Waals surface area contributed by atoms with E-state index in [1.54, 1.807) is 0 Å². The molecule has 0 spiro atoms. The van der Waals surface area contributed by atoms with Crippen LogP contribution in [0.1, 0.15) is 29.2 Å². The minimum absolute atomic E-state index is 0.370. The lowest BCUT2D eigenvalue weighted by atomic mass is 9.96. The number of hydrogen-bond donors (Lipinski definition) is 1. The Balaban J connectivity index is 1.93. The molecule has 0 radical (unpaired) electrons. The second-order valence-corrected chi connectivity index (χ2v) is 5.89. The van der Waals surface area contributed by atoms with Gasteiger partial charge in [-0.15, -0.1) is 0 Å². The first-order chi connectivity index (χ1) is 10.2. The Morgan fingerprint density at radius 1 is 1.14 bits per heavy atom. The average Bonchev–Trinajstić information content (AvgIpc) is 2.86.